The van der Waals surface area contributed by atoms with E-state index in [1.807, 2.05) is 6.92 Å². The van der Waals surface area contributed by atoms with Gasteiger partial charge < -0.3 is 10.5 Å². The van der Waals surface area contributed by atoms with Crippen LogP contribution < -0.4 is 10.5 Å². The number of nitrogens with two attached hydrogens (primary N) is 1. The molecule has 0 saturated carbocycles. The summed E-state index contributed by atoms with van der Waals surface area (Å²) in [6, 6.07) is 8.53. The smallest absolute Gasteiger partial charge is 0.198 e. The molecule has 0 aliphatic carbocycles. The van der Waals surface area contributed by atoms with Crippen molar-refractivity contribution in [1.29, 1.82) is 0 Å². The number of rotatable bonds is 3. The Kier molecular flexibility index (Phi) is 4.35. The van der Waals surface area contributed by atoms with Gasteiger partial charge in [-0.1, -0.05) is 33.6 Å². The summed E-state index contributed by atoms with van der Waals surface area (Å²) in [6.07, 6.45) is 0. The third-order valence-electron chi connectivity index (χ3n) is 3.02. The molecule has 0 fully saturated rings. The van der Waals surface area contributed by atoms with Gasteiger partial charge in [0.05, 0.1) is 23.4 Å². The number of carbonyl (C=O) groups is 1. The van der Waals surface area contributed by atoms with E-state index in [0.717, 1.165) is 10.0 Å². The monoisotopic (exact) mass is 353 g/mol. The molecule has 2 aromatic rings. The molecule has 104 valence electrons. The van der Waals surface area contributed by atoms with E-state index in [1.165, 1.54) is 7.11 Å². The minimum Gasteiger partial charge on any atom is -0.496 e. The van der Waals surface area contributed by atoms with Crippen LogP contribution in [0, 0.1) is 6.92 Å². The molecular formula is C15H13BrClNO2. The fourth-order valence-electron chi connectivity index (χ4n) is 1.88. The van der Waals surface area contributed by atoms with Crippen LogP contribution in [0.25, 0.3) is 0 Å². The standard InChI is InChI=1S/C15H13BrClNO2/c1-8-6-13(20-2)10(7-11(8)16)15(19)9-4-3-5-12(17)14(9)18/h3-7H,18H2,1-2H3. The van der Waals surface area contributed by atoms with E-state index in [-0.39, 0.29) is 11.5 Å². The predicted molar refractivity (Wildman–Crippen MR) is 84.7 cm³/mol. The van der Waals surface area contributed by atoms with Gasteiger partial charge in [0.25, 0.3) is 0 Å². The fourth-order valence-corrected chi connectivity index (χ4v) is 2.40. The van der Waals surface area contributed by atoms with Crippen molar-refractivity contribution < 1.29 is 9.53 Å². The summed E-state index contributed by atoms with van der Waals surface area (Å²) in [6.45, 7) is 1.93. The van der Waals surface area contributed by atoms with Gasteiger partial charge in [-0.3, -0.25) is 4.79 Å². The molecule has 0 aromatic heterocycles. The van der Waals surface area contributed by atoms with Gasteiger partial charge in [0.15, 0.2) is 5.78 Å². The van der Waals surface area contributed by atoms with E-state index >= 15 is 0 Å². The molecule has 5 heteroatoms. The quantitative estimate of drug-likeness (QED) is 0.663. The van der Waals surface area contributed by atoms with E-state index in [9.17, 15) is 4.79 Å². The van der Waals surface area contributed by atoms with Gasteiger partial charge in [0, 0.05) is 10.0 Å². The van der Waals surface area contributed by atoms with Crippen LogP contribution in [0.1, 0.15) is 21.5 Å². The van der Waals surface area contributed by atoms with Crippen molar-refractivity contribution in [2.75, 3.05) is 12.8 Å². The SMILES string of the molecule is COc1cc(C)c(Br)cc1C(=O)c1cccc(Cl)c1N. The van der Waals surface area contributed by atoms with Gasteiger partial charge >= 0.3 is 0 Å². The molecule has 0 bridgehead atoms. The summed E-state index contributed by atoms with van der Waals surface area (Å²) in [4.78, 5) is 12.6. The van der Waals surface area contributed by atoms with E-state index < -0.39 is 0 Å². The molecule has 2 N–H and O–H groups in total. The van der Waals surface area contributed by atoms with Crippen LogP contribution in [0.4, 0.5) is 5.69 Å². The van der Waals surface area contributed by atoms with Crippen molar-refractivity contribution in [3.8, 4) is 5.75 Å². The first-order valence-corrected chi connectivity index (χ1v) is 7.05. The Morgan fingerprint density at radius 2 is 2.00 bits per heavy atom. The second kappa shape index (κ2) is 5.85. The zero-order valence-corrected chi connectivity index (χ0v) is 13.4. The maximum atomic E-state index is 12.6. The lowest BCUT2D eigenvalue weighted by molar-refractivity contribution is 0.103. The number of methoxy groups -OCH3 is 1. The first kappa shape index (κ1) is 14.9. The highest BCUT2D eigenvalue weighted by Gasteiger charge is 2.19. The number of nitrogen functional groups attached to an aromatic ring is 1. The van der Waals surface area contributed by atoms with Gasteiger partial charge in [0.1, 0.15) is 5.75 Å². The molecule has 0 radical (unpaired) electrons. The molecule has 0 amide bonds. The van der Waals surface area contributed by atoms with Crippen LogP contribution in [0.15, 0.2) is 34.8 Å². The molecule has 0 atom stereocenters. The molecule has 0 aliphatic rings. The number of carbonyl (C=O) groups excluding carboxylic acids is 1. The average molecular weight is 355 g/mol. The van der Waals surface area contributed by atoms with Crippen molar-refractivity contribution in [2.45, 2.75) is 6.92 Å². The van der Waals surface area contributed by atoms with Crippen molar-refractivity contribution >= 4 is 39.0 Å². The molecule has 0 heterocycles. The largest absolute Gasteiger partial charge is 0.496 e. The van der Waals surface area contributed by atoms with Crippen LogP contribution in [-0.2, 0) is 0 Å². The molecule has 2 rings (SSSR count). The van der Waals surface area contributed by atoms with Gasteiger partial charge in [-0.25, -0.2) is 0 Å². The summed E-state index contributed by atoms with van der Waals surface area (Å²) in [5, 5.41) is 0.362. The number of benzene rings is 2. The first-order valence-electron chi connectivity index (χ1n) is 5.88. The van der Waals surface area contributed by atoms with Crippen LogP contribution in [-0.4, -0.2) is 12.9 Å². The van der Waals surface area contributed by atoms with Crippen molar-refractivity contribution in [3.63, 3.8) is 0 Å². The lowest BCUT2D eigenvalue weighted by Gasteiger charge is -2.12. The lowest BCUT2D eigenvalue weighted by Crippen LogP contribution is -2.08. The number of anilines is 1. The zero-order valence-electron chi connectivity index (χ0n) is 11.0. The van der Waals surface area contributed by atoms with Crippen LogP contribution >= 0.6 is 27.5 Å². The topological polar surface area (TPSA) is 52.3 Å². The Bertz CT molecular complexity index is 686. The highest BCUT2D eigenvalue weighted by Crippen LogP contribution is 2.31. The van der Waals surface area contributed by atoms with Crippen LogP contribution in [0.2, 0.25) is 5.02 Å². The molecular weight excluding hydrogens is 342 g/mol. The van der Waals surface area contributed by atoms with E-state index in [0.29, 0.717) is 21.9 Å². The van der Waals surface area contributed by atoms with E-state index in [4.69, 9.17) is 22.1 Å². The molecule has 0 aliphatic heterocycles. The average Bonchev–Trinajstić information content (AvgIpc) is 2.43. The second-order valence-electron chi connectivity index (χ2n) is 4.33. The minimum atomic E-state index is -0.220. The highest BCUT2D eigenvalue weighted by molar-refractivity contribution is 9.10. The molecule has 0 spiro atoms. The lowest BCUT2D eigenvalue weighted by atomic mass is 10.00. The van der Waals surface area contributed by atoms with Crippen molar-refractivity contribution in [2.24, 2.45) is 0 Å². The van der Waals surface area contributed by atoms with Gasteiger partial charge in [-0.15, -0.1) is 0 Å². The van der Waals surface area contributed by atoms with Crippen molar-refractivity contribution in [1.82, 2.24) is 0 Å². The van der Waals surface area contributed by atoms with Crippen molar-refractivity contribution in [3.05, 3.63) is 56.5 Å². The summed E-state index contributed by atoms with van der Waals surface area (Å²) in [5.74, 6) is 0.289. The summed E-state index contributed by atoms with van der Waals surface area (Å²) in [5.41, 5.74) is 7.95. The Labute approximate surface area is 130 Å². The predicted octanol–water partition coefficient (Wildman–Crippen LogP) is 4.23. The van der Waals surface area contributed by atoms with Crippen LogP contribution in [0.5, 0.6) is 5.75 Å². The third kappa shape index (κ3) is 2.67. The molecule has 0 saturated heterocycles. The maximum Gasteiger partial charge on any atom is 0.198 e. The fraction of sp³-hybridized carbons (Fsp3) is 0.133. The number of hydrogen-bond acceptors (Lipinski definition) is 3. The van der Waals surface area contributed by atoms with Gasteiger partial charge in [-0.05, 0) is 36.8 Å². The zero-order chi connectivity index (χ0) is 14.9. The third-order valence-corrected chi connectivity index (χ3v) is 4.21. The summed E-state index contributed by atoms with van der Waals surface area (Å²) < 4.78 is 6.11. The van der Waals surface area contributed by atoms with Gasteiger partial charge in [0.2, 0.25) is 0 Å². The molecule has 3 nitrogen and oxygen atoms in total. The van der Waals surface area contributed by atoms with Gasteiger partial charge in [-0.2, -0.15) is 0 Å². The number of ether oxygens (including phenoxy) is 1. The number of halogens is 2. The maximum absolute atomic E-state index is 12.6. The second-order valence-corrected chi connectivity index (χ2v) is 5.59. The Morgan fingerprint density at radius 1 is 1.30 bits per heavy atom. The van der Waals surface area contributed by atoms with E-state index in [1.54, 1.807) is 30.3 Å². The molecule has 20 heavy (non-hydrogen) atoms. The normalized spacial score (nSPS) is 10.4. The Hall–Kier alpha value is -1.52. The van der Waals surface area contributed by atoms with Crippen LogP contribution in [0.3, 0.4) is 0 Å². The molecule has 0 unspecified atom stereocenters. The minimum absolute atomic E-state index is 0.220. The first-order chi connectivity index (χ1) is 9.45. The highest BCUT2D eigenvalue weighted by atomic mass is 79.9. The number of hydrogen-bond donors (Lipinski definition) is 1. The number of para-hydroxylation sites is 1. The number of aryl methyl sites for hydroxylation is 1. The van der Waals surface area contributed by atoms with E-state index in [2.05, 4.69) is 15.9 Å². The molecule has 2 aromatic carbocycles. The Balaban J connectivity index is 2.59. The number of ketones is 1. The summed E-state index contributed by atoms with van der Waals surface area (Å²) in [7, 11) is 1.53. The summed E-state index contributed by atoms with van der Waals surface area (Å²) >= 11 is 9.38. The Morgan fingerprint density at radius 3 is 2.65 bits per heavy atom.